The van der Waals surface area contributed by atoms with Crippen molar-refractivity contribution in [2.75, 3.05) is 0 Å². The summed E-state index contributed by atoms with van der Waals surface area (Å²) in [6.45, 7) is 0. The lowest BCUT2D eigenvalue weighted by Gasteiger charge is -2.19. The average molecular weight is 726 g/mol. The quantitative estimate of drug-likeness (QED) is 0.153. The second kappa shape index (κ2) is 14.6. The number of hydrogen-bond acceptors (Lipinski definition) is 4. The molecule has 2 aliphatic carbocycles. The Morgan fingerprint density at radius 1 is 0.473 bits per heavy atom. The standard InChI is InChI=1S/C51H39N3S/c1-5-16-34(17-6-1)40-29-41(35-18-7-2-8-19-35)31-42(30-40)38-24-15-25-39(28-38)43-32-45(48-44-26-13-14-27-46(44)55-47(48)33-43)51-53-49(36-20-9-3-10-21-36)52-50(54-51)37-22-11-4-12-23-37/h1-11,13-21,24-26,28-33,37,46H,12,22-23,27H2. The van der Waals surface area contributed by atoms with Gasteiger partial charge in [-0.15, -0.1) is 11.8 Å². The molecule has 0 radical (unpaired) electrons. The summed E-state index contributed by atoms with van der Waals surface area (Å²) in [5.74, 6) is 2.66. The molecule has 1 aliphatic heterocycles. The number of benzene rings is 6. The maximum absolute atomic E-state index is 5.33. The fourth-order valence-corrected chi connectivity index (χ4v) is 9.55. The first kappa shape index (κ1) is 33.5. The summed E-state index contributed by atoms with van der Waals surface area (Å²) in [5.41, 5.74) is 14.3. The molecule has 264 valence electrons. The number of fused-ring (bicyclic) bond motifs is 3. The van der Waals surface area contributed by atoms with Crippen LogP contribution < -0.4 is 0 Å². The van der Waals surface area contributed by atoms with Crippen LogP contribution in [0.15, 0.2) is 181 Å². The molecule has 2 unspecified atom stereocenters. The van der Waals surface area contributed by atoms with E-state index in [-0.39, 0.29) is 5.92 Å². The highest BCUT2D eigenvalue weighted by atomic mass is 32.2. The molecule has 3 nitrogen and oxygen atoms in total. The minimum atomic E-state index is 0.272. The normalized spacial score (nSPS) is 17.1. The highest BCUT2D eigenvalue weighted by Gasteiger charge is 2.33. The van der Waals surface area contributed by atoms with E-state index in [1.807, 2.05) is 17.8 Å². The van der Waals surface area contributed by atoms with Gasteiger partial charge in [0, 0.05) is 32.8 Å². The zero-order chi connectivity index (χ0) is 36.6. The molecule has 55 heavy (non-hydrogen) atoms. The first-order valence-electron chi connectivity index (χ1n) is 19.3. The molecule has 2 heterocycles. The minimum Gasteiger partial charge on any atom is -0.213 e. The van der Waals surface area contributed by atoms with Crippen molar-refractivity contribution in [2.24, 2.45) is 0 Å². The van der Waals surface area contributed by atoms with E-state index in [1.54, 1.807) is 0 Å². The zero-order valence-electron chi connectivity index (χ0n) is 30.5. The fraction of sp³-hybridized carbons (Fsp3) is 0.118. The first-order valence-corrected chi connectivity index (χ1v) is 20.2. The Kier molecular flexibility index (Phi) is 8.89. The van der Waals surface area contributed by atoms with E-state index in [1.165, 1.54) is 60.5 Å². The van der Waals surface area contributed by atoms with E-state index >= 15 is 0 Å². The third-order valence-electron chi connectivity index (χ3n) is 11.0. The molecule has 4 heteroatoms. The molecule has 7 aromatic rings. The van der Waals surface area contributed by atoms with Crippen molar-refractivity contribution in [2.45, 2.75) is 41.7 Å². The Morgan fingerprint density at radius 2 is 1.05 bits per heavy atom. The van der Waals surface area contributed by atoms with Crippen molar-refractivity contribution in [3.05, 3.63) is 187 Å². The van der Waals surface area contributed by atoms with Crippen molar-refractivity contribution in [3.8, 4) is 67.3 Å². The van der Waals surface area contributed by atoms with Crippen LogP contribution in [0.4, 0.5) is 0 Å². The van der Waals surface area contributed by atoms with E-state index in [9.17, 15) is 0 Å². The SMILES string of the molecule is C1=CCC2Sc3cc(-c4cccc(-c5cc(-c6ccccc6)cc(-c6ccccc6)c5)c4)cc(-c4nc(-c5ccccc5)nc(C5CC=CCC5)n4)c3C2=C1. The van der Waals surface area contributed by atoms with Gasteiger partial charge in [0.05, 0.1) is 0 Å². The van der Waals surface area contributed by atoms with Crippen LogP contribution in [0, 0.1) is 0 Å². The lowest BCUT2D eigenvalue weighted by atomic mass is 9.89. The predicted molar refractivity (Wildman–Crippen MR) is 230 cm³/mol. The van der Waals surface area contributed by atoms with Gasteiger partial charge in [0.15, 0.2) is 11.6 Å². The Labute approximate surface area is 327 Å². The molecule has 0 saturated heterocycles. The molecule has 3 aliphatic rings. The monoisotopic (exact) mass is 725 g/mol. The van der Waals surface area contributed by atoms with E-state index in [0.29, 0.717) is 5.25 Å². The van der Waals surface area contributed by atoms with Crippen LogP contribution in [0.3, 0.4) is 0 Å². The molecule has 0 spiro atoms. The van der Waals surface area contributed by atoms with Crippen LogP contribution in [-0.4, -0.2) is 20.2 Å². The van der Waals surface area contributed by atoms with Crippen LogP contribution in [0.2, 0.25) is 0 Å². The van der Waals surface area contributed by atoms with Crippen molar-refractivity contribution in [1.82, 2.24) is 15.0 Å². The van der Waals surface area contributed by atoms with Crippen molar-refractivity contribution >= 4 is 17.3 Å². The maximum Gasteiger partial charge on any atom is 0.164 e. The molecule has 0 fully saturated rings. The van der Waals surface area contributed by atoms with Gasteiger partial charge in [0.2, 0.25) is 0 Å². The molecular formula is C51H39N3S. The van der Waals surface area contributed by atoms with Crippen molar-refractivity contribution in [3.63, 3.8) is 0 Å². The second-order valence-corrected chi connectivity index (χ2v) is 15.8. The molecule has 6 aromatic carbocycles. The Morgan fingerprint density at radius 3 is 1.71 bits per heavy atom. The smallest absolute Gasteiger partial charge is 0.164 e. The van der Waals surface area contributed by atoms with E-state index in [4.69, 9.17) is 15.0 Å². The van der Waals surface area contributed by atoms with Crippen molar-refractivity contribution in [1.29, 1.82) is 0 Å². The van der Waals surface area contributed by atoms with Gasteiger partial charge in [-0.2, -0.15) is 0 Å². The molecule has 10 rings (SSSR count). The van der Waals surface area contributed by atoms with Crippen LogP contribution in [-0.2, 0) is 0 Å². The van der Waals surface area contributed by atoms with E-state index in [0.717, 1.165) is 54.3 Å². The number of nitrogens with zero attached hydrogens (tertiary/aromatic N) is 3. The van der Waals surface area contributed by atoms with Crippen LogP contribution in [0.1, 0.15) is 43.0 Å². The molecule has 0 bridgehead atoms. The summed E-state index contributed by atoms with van der Waals surface area (Å²) in [4.78, 5) is 17.0. The summed E-state index contributed by atoms with van der Waals surface area (Å²) in [5, 5.41) is 0.385. The second-order valence-electron chi connectivity index (χ2n) is 14.6. The van der Waals surface area contributed by atoms with Crippen LogP contribution >= 0.6 is 11.8 Å². The fourth-order valence-electron chi connectivity index (χ4n) is 8.17. The van der Waals surface area contributed by atoms with Crippen LogP contribution in [0.25, 0.3) is 72.9 Å². The van der Waals surface area contributed by atoms with Gasteiger partial charge in [-0.05, 0) is 112 Å². The Bertz CT molecular complexity index is 2570. The van der Waals surface area contributed by atoms with E-state index < -0.39 is 0 Å². The number of thioether (sulfide) groups is 1. The van der Waals surface area contributed by atoms with E-state index in [2.05, 4.69) is 170 Å². The van der Waals surface area contributed by atoms with Crippen molar-refractivity contribution < 1.29 is 0 Å². The topological polar surface area (TPSA) is 38.7 Å². The van der Waals surface area contributed by atoms with Gasteiger partial charge in [-0.1, -0.05) is 140 Å². The van der Waals surface area contributed by atoms with Gasteiger partial charge in [-0.25, -0.2) is 15.0 Å². The predicted octanol–water partition coefficient (Wildman–Crippen LogP) is 13.5. The maximum atomic E-state index is 5.33. The van der Waals surface area contributed by atoms with Crippen LogP contribution in [0.5, 0.6) is 0 Å². The molecule has 2 atom stereocenters. The Balaban J connectivity index is 1.13. The molecule has 0 N–H and O–H groups in total. The van der Waals surface area contributed by atoms with Gasteiger partial charge >= 0.3 is 0 Å². The summed E-state index contributed by atoms with van der Waals surface area (Å²) < 4.78 is 0. The lowest BCUT2D eigenvalue weighted by Crippen LogP contribution is -2.10. The summed E-state index contributed by atoms with van der Waals surface area (Å²) >= 11 is 1.97. The first-order chi connectivity index (χ1) is 27.2. The summed E-state index contributed by atoms with van der Waals surface area (Å²) in [6.07, 6.45) is 15.4. The summed E-state index contributed by atoms with van der Waals surface area (Å²) in [7, 11) is 0. The summed E-state index contributed by atoms with van der Waals surface area (Å²) in [6, 6.07) is 52.5. The average Bonchev–Trinajstić information content (AvgIpc) is 3.66. The number of allylic oxidation sites excluding steroid dienone is 5. The molecule has 0 saturated carbocycles. The zero-order valence-corrected chi connectivity index (χ0v) is 31.3. The third-order valence-corrected chi connectivity index (χ3v) is 12.3. The van der Waals surface area contributed by atoms with Gasteiger partial charge in [0.1, 0.15) is 5.82 Å². The highest BCUT2D eigenvalue weighted by molar-refractivity contribution is 8.00. The highest BCUT2D eigenvalue weighted by Crippen LogP contribution is 2.52. The van der Waals surface area contributed by atoms with Gasteiger partial charge < -0.3 is 0 Å². The largest absolute Gasteiger partial charge is 0.213 e. The number of aromatic nitrogens is 3. The molecule has 0 amide bonds. The van der Waals surface area contributed by atoms with Gasteiger partial charge in [-0.3, -0.25) is 0 Å². The third kappa shape index (κ3) is 6.68. The molecule has 1 aromatic heterocycles. The molecular weight excluding hydrogens is 687 g/mol. The minimum absolute atomic E-state index is 0.272. The Hall–Kier alpha value is -6.10. The lowest BCUT2D eigenvalue weighted by molar-refractivity contribution is 0.581. The number of rotatable bonds is 7. The number of hydrogen-bond donors (Lipinski definition) is 0. The van der Waals surface area contributed by atoms with Gasteiger partial charge in [0.25, 0.3) is 0 Å².